The average molecular weight is 270 g/mol. The summed E-state index contributed by atoms with van der Waals surface area (Å²) in [5.41, 5.74) is -0.676. The van der Waals surface area contributed by atoms with Crippen LogP contribution in [-0.2, 0) is 6.18 Å². The zero-order valence-corrected chi connectivity index (χ0v) is 9.67. The zero-order valence-electron chi connectivity index (χ0n) is 8.85. The van der Waals surface area contributed by atoms with Gasteiger partial charge in [-0.15, -0.1) is 12.4 Å². The van der Waals surface area contributed by atoms with Gasteiger partial charge >= 0.3 is 6.18 Å². The van der Waals surface area contributed by atoms with Gasteiger partial charge in [-0.25, -0.2) is 4.39 Å². The molecule has 0 amide bonds. The van der Waals surface area contributed by atoms with Crippen LogP contribution in [0.25, 0.3) is 0 Å². The fraction of sp³-hybridized carbons (Fsp3) is 0.455. The molecule has 1 N–H and O–H groups in total. The van der Waals surface area contributed by atoms with Gasteiger partial charge < -0.3 is 5.32 Å². The second-order valence-corrected chi connectivity index (χ2v) is 3.88. The average Bonchev–Trinajstić information content (AvgIpc) is 2.69. The molecular weight excluding hydrogens is 258 g/mol. The summed E-state index contributed by atoms with van der Waals surface area (Å²) in [5, 5.41) is 2.99. The quantitative estimate of drug-likeness (QED) is 0.767. The van der Waals surface area contributed by atoms with E-state index in [0.717, 1.165) is 31.2 Å². The lowest BCUT2D eigenvalue weighted by Crippen LogP contribution is -2.16. The summed E-state index contributed by atoms with van der Waals surface area (Å²) < 4.78 is 50.7. The van der Waals surface area contributed by atoms with Crippen molar-refractivity contribution in [3.8, 4) is 0 Å². The molecule has 0 bridgehead atoms. The molecular formula is C11H12ClF4N. The Kier molecular flexibility index (Phi) is 4.38. The van der Waals surface area contributed by atoms with E-state index in [-0.39, 0.29) is 24.0 Å². The summed E-state index contributed by atoms with van der Waals surface area (Å²) in [6.45, 7) is 0.723. The van der Waals surface area contributed by atoms with Crippen molar-refractivity contribution in [1.82, 2.24) is 5.32 Å². The largest absolute Gasteiger partial charge is 0.416 e. The Bertz CT molecular complexity index is 386. The van der Waals surface area contributed by atoms with Crippen molar-refractivity contribution in [2.45, 2.75) is 25.1 Å². The molecule has 0 radical (unpaired) electrons. The smallest absolute Gasteiger partial charge is 0.310 e. The van der Waals surface area contributed by atoms with E-state index in [4.69, 9.17) is 0 Å². The first-order valence-corrected chi connectivity index (χ1v) is 5.08. The van der Waals surface area contributed by atoms with Crippen molar-refractivity contribution in [2.24, 2.45) is 0 Å². The molecule has 0 aromatic heterocycles. The molecule has 1 saturated heterocycles. The molecule has 0 aliphatic carbocycles. The first kappa shape index (κ1) is 14.3. The van der Waals surface area contributed by atoms with Gasteiger partial charge in [0.05, 0.1) is 5.56 Å². The van der Waals surface area contributed by atoms with E-state index in [1.165, 1.54) is 0 Å². The molecule has 1 aliphatic heterocycles. The van der Waals surface area contributed by atoms with Crippen molar-refractivity contribution in [1.29, 1.82) is 0 Å². The van der Waals surface area contributed by atoms with Crippen molar-refractivity contribution >= 4 is 12.4 Å². The Balaban J connectivity index is 0.00000144. The third-order valence-electron chi connectivity index (χ3n) is 2.76. The highest BCUT2D eigenvalue weighted by Crippen LogP contribution is 2.33. The van der Waals surface area contributed by atoms with Gasteiger partial charge in [0.1, 0.15) is 5.82 Å². The summed E-state index contributed by atoms with van der Waals surface area (Å²) in [6, 6.07) is 2.27. The Morgan fingerprint density at radius 2 is 1.94 bits per heavy atom. The molecule has 2 rings (SSSR count). The Labute approximate surface area is 103 Å². The van der Waals surface area contributed by atoms with Crippen LogP contribution in [0.3, 0.4) is 0 Å². The number of benzene rings is 1. The van der Waals surface area contributed by atoms with Crippen LogP contribution in [0.1, 0.15) is 30.0 Å². The lowest BCUT2D eigenvalue weighted by atomic mass is 10.0. The van der Waals surface area contributed by atoms with E-state index in [9.17, 15) is 17.6 Å². The highest BCUT2D eigenvalue weighted by Gasteiger charge is 2.32. The fourth-order valence-electron chi connectivity index (χ4n) is 1.94. The number of hydrogen-bond acceptors (Lipinski definition) is 1. The zero-order chi connectivity index (χ0) is 11.8. The van der Waals surface area contributed by atoms with Gasteiger partial charge in [-0.3, -0.25) is 0 Å². The van der Waals surface area contributed by atoms with Crippen LogP contribution in [0.4, 0.5) is 17.6 Å². The van der Waals surface area contributed by atoms with E-state index in [1.54, 1.807) is 0 Å². The third kappa shape index (κ3) is 3.10. The number of nitrogens with one attached hydrogen (secondary N) is 1. The van der Waals surface area contributed by atoms with E-state index in [2.05, 4.69) is 5.32 Å². The van der Waals surface area contributed by atoms with E-state index in [1.807, 2.05) is 0 Å². The number of alkyl halides is 3. The molecule has 0 saturated carbocycles. The molecule has 1 fully saturated rings. The first-order chi connectivity index (χ1) is 7.48. The van der Waals surface area contributed by atoms with Crippen molar-refractivity contribution in [3.63, 3.8) is 0 Å². The van der Waals surface area contributed by atoms with Gasteiger partial charge in [-0.2, -0.15) is 13.2 Å². The Hall–Kier alpha value is -0.810. The lowest BCUT2D eigenvalue weighted by molar-refractivity contribution is -0.137. The summed E-state index contributed by atoms with van der Waals surface area (Å²) in [4.78, 5) is 0. The van der Waals surface area contributed by atoms with Crippen LogP contribution in [-0.4, -0.2) is 6.54 Å². The molecule has 1 aromatic carbocycles. The predicted molar refractivity (Wildman–Crippen MR) is 58.6 cm³/mol. The van der Waals surface area contributed by atoms with Gasteiger partial charge in [-0.05, 0) is 37.6 Å². The number of rotatable bonds is 1. The Morgan fingerprint density at radius 3 is 2.47 bits per heavy atom. The normalized spacial score (nSPS) is 20.1. The molecule has 1 aliphatic rings. The van der Waals surface area contributed by atoms with Crippen molar-refractivity contribution < 1.29 is 17.6 Å². The molecule has 17 heavy (non-hydrogen) atoms. The third-order valence-corrected chi connectivity index (χ3v) is 2.76. The van der Waals surface area contributed by atoms with Crippen LogP contribution >= 0.6 is 12.4 Å². The topological polar surface area (TPSA) is 12.0 Å². The molecule has 1 heterocycles. The number of halogens is 5. The minimum Gasteiger partial charge on any atom is -0.310 e. The van der Waals surface area contributed by atoms with Crippen LogP contribution < -0.4 is 5.32 Å². The minimum absolute atomic E-state index is 0. The second kappa shape index (κ2) is 5.23. The van der Waals surface area contributed by atoms with Crippen molar-refractivity contribution in [2.75, 3.05) is 6.54 Å². The maximum atomic E-state index is 13.4. The highest BCUT2D eigenvalue weighted by atomic mass is 35.5. The fourth-order valence-corrected chi connectivity index (χ4v) is 1.94. The highest BCUT2D eigenvalue weighted by molar-refractivity contribution is 5.85. The van der Waals surface area contributed by atoms with Gasteiger partial charge in [0.25, 0.3) is 0 Å². The SMILES string of the molecule is Cl.Fc1ccc(C(F)(F)F)cc1[C@H]1CCCN1. The van der Waals surface area contributed by atoms with Crippen molar-refractivity contribution in [3.05, 3.63) is 35.1 Å². The number of hydrogen-bond donors (Lipinski definition) is 1. The Morgan fingerprint density at radius 1 is 1.24 bits per heavy atom. The lowest BCUT2D eigenvalue weighted by Gasteiger charge is -2.14. The molecule has 1 atom stereocenters. The van der Waals surface area contributed by atoms with E-state index >= 15 is 0 Å². The molecule has 6 heteroatoms. The van der Waals surface area contributed by atoms with Crippen LogP contribution in [0.2, 0.25) is 0 Å². The summed E-state index contributed by atoms with van der Waals surface area (Å²) in [6.07, 6.45) is -2.88. The monoisotopic (exact) mass is 269 g/mol. The summed E-state index contributed by atoms with van der Waals surface area (Å²) in [7, 11) is 0. The first-order valence-electron chi connectivity index (χ1n) is 5.08. The van der Waals surface area contributed by atoms with Gasteiger partial charge in [0.15, 0.2) is 0 Å². The second-order valence-electron chi connectivity index (χ2n) is 3.88. The molecule has 96 valence electrons. The van der Waals surface area contributed by atoms with Gasteiger partial charge in [0.2, 0.25) is 0 Å². The van der Waals surface area contributed by atoms with E-state index in [0.29, 0.717) is 6.42 Å². The minimum atomic E-state index is -4.42. The van der Waals surface area contributed by atoms with E-state index < -0.39 is 17.6 Å². The molecule has 1 nitrogen and oxygen atoms in total. The molecule has 0 spiro atoms. The van der Waals surface area contributed by atoms with Crippen LogP contribution in [0.5, 0.6) is 0 Å². The van der Waals surface area contributed by atoms with Crippen LogP contribution in [0, 0.1) is 5.82 Å². The summed E-state index contributed by atoms with van der Waals surface area (Å²) >= 11 is 0. The molecule has 1 aromatic rings. The van der Waals surface area contributed by atoms with Gasteiger partial charge in [-0.1, -0.05) is 0 Å². The molecule has 0 unspecified atom stereocenters. The predicted octanol–water partition coefficient (Wildman–Crippen LogP) is 3.69. The standard InChI is InChI=1S/C11H11F4N.ClH/c12-9-4-3-7(11(13,14)15)6-8(9)10-2-1-5-16-10;/h3-4,6,10,16H,1-2,5H2;1H/t10-;/m1./s1. The van der Waals surface area contributed by atoms with Gasteiger partial charge in [0, 0.05) is 11.6 Å². The van der Waals surface area contributed by atoms with Crippen LogP contribution in [0.15, 0.2) is 18.2 Å². The maximum Gasteiger partial charge on any atom is 0.416 e. The maximum absolute atomic E-state index is 13.4. The summed E-state index contributed by atoms with van der Waals surface area (Å²) in [5.74, 6) is -0.576.